The van der Waals surface area contributed by atoms with Crippen LogP contribution in [0, 0.1) is 11.3 Å². The third-order valence-electron chi connectivity index (χ3n) is 3.09. The van der Waals surface area contributed by atoms with Gasteiger partial charge in [0.2, 0.25) is 0 Å². The van der Waals surface area contributed by atoms with Gasteiger partial charge in [0.05, 0.1) is 11.6 Å². The molecule has 4 heteroatoms. The van der Waals surface area contributed by atoms with Crippen molar-refractivity contribution < 1.29 is 9.53 Å². The van der Waals surface area contributed by atoms with E-state index >= 15 is 0 Å². The average molecular weight is 312 g/mol. The lowest BCUT2D eigenvalue weighted by Crippen LogP contribution is -2.06. The highest BCUT2D eigenvalue weighted by Crippen LogP contribution is 2.25. The van der Waals surface area contributed by atoms with Crippen molar-refractivity contribution in [1.82, 2.24) is 0 Å². The molecule has 0 bridgehead atoms. The highest BCUT2D eigenvalue weighted by Gasteiger charge is 2.12. The maximum absolute atomic E-state index is 11.8. The minimum atomic E-state index is -0.447. The fourth-order valence-electron chi connectivity index (χ4n) is 1.91. The van der Waals surface area contributed by atoms with Crippen LogP contribution >= 0.6 is 11.6 Å². The fourth-order valence-corrected chi connectivity index (χ4v) is 2.20. The molecule has 0 saturated heterocycles. The number of esters is 1. The second-order valence-electron chi connectivity index (χ2n) is 4.67. The molecule has 22 heavy (non-hydrogen) atoms. The lowest BCUT2D eigenvalue weighted by molar-refractivity contribution is -0.142. The SMILES string of the molecule is C[C@H](OC(=O)/C=C/c1ccc(C#N)cc1)c1ccccc1Cl. The first kappa shape index (κ1) is 15.8. The van der Waals surface area contributed by atoms with Crippen molar-refractivity contribution in [1.29, 1.82) is 5.26 Å². The molecule has 1 atom stereocenters. The van der Waals surface area contributed by atoms with Crippen LogP contribution in [-0.2, 0) is 9.53 Å². The third-order valence-corrected chi connectivity index (χ3v) is 3.43. The summed E-state index contributed by atoms with van der Waals surface area (Å²) in [6.45, 7) is 1.77. The van der Waals surface area contributed by atoms with E-state index in [4.69, 9.17) is 21.6 Å². The molecule has 0 fully saturated rings. The first-order chi connectivity index (χ1) is 10.6. The van der Waals surface area contributed by atoms with Gasteiger partial charge in [-0.15, -0.1) is 0 Å². The van der Waals surface area contributed by atoms with Crippen LogP contribution in [0.3, 0.4) is 0 Å². The molecule has 0 spiro atoms. The predicted molar refractivity (Wildman–Crippen MR) is 86.2 cm³/mol. The number of ether oxygens (including phenoxy) is 1. The summed E-state index contributed by atoms with van der Waals surface area (Å²) >= 11 is 6.07. The number of hydrogen-bond acceptors (Lipinski definition) is 3. The van der Waals surface area contributed by atoms with Gasteiger partial charge >= 0.3 is 5.97 Å². The number of rotatable bonds is 4. The van der Waals surface area contributed by atoms with Crippen molar-refractivity contribution in [2.24, 2.45) is 0 Å². The summed E-state index contributed by atoms with van der Waals surface area (Å²) in [4.78, 5) is 11.8. The van der Waals surface area contributed by atoms with Crippen LogP contribution in [0.4, 0.5) is 0 Å². The number of hydrogen-bond donors (Lipinski definition) is 0. The Labute approximate surface area is 134 Å². The van der Waals surface area contributed by atoms with Crippen molar-refractivity contribution in [2.75, 3.05) is 0 Å². The lowest BCUT2D eigenvalue weighted by atomic mass is 10.1. The molecule has 2 aromatic carbocycles. The van der Waals surface area contributed by atoms with Gasteiger partial charge in [-0.3, -0.25) is 0 Å². The summed E-state index contributed by atoms with van der Waals surface area (Å²) in [5.41, 5.74) is 2.16. The molecule has 0 aliphatic heterocycles. The minimum absolute atomic E-state index is 0.424. The van der Waals surface area contributed by atoms with Crippen molar-refractivity contribution in [2.45, 2.75) is 13.0 Å². The molecule has 0 saturated carbocycles. The molecule has 0 aromatic heterocycles. The van der Waals surface area contributed by atoms with E-state index in [-0.39, 0.29) is 0 Å². The summed E-state index contributed by atoms with van der Waals surface area (Å²) in [5, 5.41) is 9.29. The zero-order valence-electron chi connectivity index (χ0n) is 12.0. The van der Waals surface area contributed by atoms with Gasteiger partial charge in [0.1, 0.15) is 6.10 Å². The van der Waals surface area contributed by atoms with Gasteiger partial charge in [0, 0.05) is 16.7 Å². The van der Waals surface area contributed by atoms with Crippen LogP contribution in [0.1, 0.15) is 29.7 Å². The lowest BCUT2D eigenvalue weighted by Gasteiger charge is -2.13. The van der Waals surface area contributed by atoms with Crippen molar-refractivity contribution in [3.63, 3.8) is 0 Å². The maximum atomic E-state index is 11.8. The van der Waals surface area contributed by atoms with Crippen LogP contribution in [0.25, 0.3) is 6.08 Å². The number of carbonyl (C=O) groups excluding carboxylic acids is 1. The molecule has 0 radical (unpaired) electrons. The smallest absolute Gasteiger partial charge is 0.331 e. The summed E-state index contributed by atoms with van der Waals surface area (Å²) in [6, 6.07) is 16.2. The van der Waals surface area contributed by atoms with E-state index in [0.717, 1.165) is 11.1 Å². The number of halogens is 1. The first-order valence-electron chi connectivity index (χ1n) is 6.73. The molecule has 2 aromatic rings. The average Bonchev–Trinajstić information content (AvgIpc) is 2.53. The van der Waals surface area contributed by atoms with E-state index in [1.165, 1.54) is 6.08 Å². The van der Waals surface area contributed by atoms with Gasteiger partial charge in [0.25, 0.3) is 0 Å². The van der Waals surface area contributed by atoms with E-state index in [1.54, 1.807) is 43.3 Å². The number of nitriles is 1. The Hall–Kier alpha value is -2.57. The third kappa shape index (κ3) is 4.21. The van der Waals surface area contributed by atoms with Crippen molar-refractivity contribution >= 4 is 23.6 Å². The topological polar surface area (TPSA) is 50.1 Å². The number of benzene rings is 2. The molecule has 0 unspecified atom stereocenters. The quantitative estimate of drug-likeness (QED) is 0.615. The van der Waals surface area contributed by atoms with E-state index in [0.29, 0.717) is 10.6 Å². The molecular formula is C18H14ClNO2. The molecule has 0 amide bonds. The summed E-state index contributed by atoms with van der Waals surface area (Å²) in [5.74, 6) is -0.447. The largest absolute Gasteiger partial charge is 0.455 e. The molecular weight excluding hydrogens is 298 g/mol. The van der Waals surface area contributed by atoms with E-state index < -0.39 is 12.1 Å². The Balaban J connectivity index is 1.99. The van der Waals surface area contributed by atoms with Gasteiger partial charge in [-0.2, -0.15) is 5.26 Å². The van der Waals surface area contributed by atoms with Crippen molar-refractivity contribution in [3.05, 3.63) is 76.3 Å². The van der Waals surface area contributed by atoms with Gasteiger partial charge in [0.15, 0.2) is 0 Å². The zero-order valence-corrected chi connectivity index (χ0v) is 12.7. The van der Waals surface area contributed by atoms with Gasteiger partial charge in [-0.05, 0) is 36.8 Å². The normalized spacial score (nSPS) is 11.9. The highest BCUT2D eigenvalue weighted by atomic mass is 35.5. The summed E-state index contributed by atoms with van der Waals surface area (Å²) in [6.07, 6.45) is 2.57. The summed E-state index contributed by atoms with van der Waals surface area (Å²) < 4.78 is 5.32. The van der Waals surface area contributed by atoms with E-state index in [1.807, 2.05) is 24.3 Å². The van der Waals surface area contributed by atoms with Crippen LogP contribution < -0.4 is 0 Å². The summed E-state index contributed by atoms with van der Waals surface area (Å²) in [7, 11) is 0. The van der Waals surface area contributed by atoms with Crippen LogP contribution in [0.5, 0.6) is 0 Å². The van der Waals surface area contributed by atoms with Crippen LogP contribution in [0.15, 0.2) is 54.6 Å². The molecule has 2 rings (SSSR count). The number of nitrogens with zero attached hydrogens (tertiary/aromatic N) is 1. The van der Waals surface area contributed by atoms with Crippen molar-refractivity contribution in [3.8, 4) is 6.07 Å². The standard InChI is InChI=1S/C18H14ClNO2/c1-13(16-4-2-3-5-17(16)19)22-18(21)11-10-14-6-8-15(12-20)9-7-14/h2-11,13H,1H3/b11-10+/t13-/m0/s1. The molecule has 110 valence electrons. The fraction of sp³-hybridized carbons (Fsp3) is 0.111. The van der Waals surface area contributed by atoms with Gasteiger partial charge in [-0.1, -0.05) is 41.9 Å². The maximum Gasteiger partial charge on any atom is 0.331 e. The Bertz CT molecular complexity index is 729. The second kappa shape index (κ2) is 7.44. The minimum Gasteiger partial charge on any atom is -0.455 e. The van der Waals surface area contributed by atoms with Gasteiger partial charge in [-0.25, -0.2) is 4.79 Å². The second-order valence-corrected chi connectivity index (χ2v) is 5.07. The number of carbonyl (C=O) groups is 1. The van der Waals surface area contributed by atoms with Crippen LogP contribution in [-0.4, -0.2) is 5.97 Å². The molecule has 0 aliphatic rings. The Morgan fingerprint density at radius 2 is 1.91 bits per heavy atom. The predicted octanol–water partition coefficient (Wildman–Crippen LogP) is 4.53. The van der Waals surface area contributed by atoms with E-state index in [2.05, 4.69) is 0 Å². The Morgan fingerprint density at radius 3 is 2.55 bits per heavy atom. The molecule has 0 aliphatic carbocycles. The molecule has 3 nitrogen and oxygen atoms in total. The first-order valence-corrected chi connectivity index (χ1v) is 7.11. The van der Waals surface area contributed by atoms with Crippen LogP contribution in [0.2, 0.25) is 5.02 Å². The zero-order chi connectivity index (χ0) is 15.9. The van der Waals surface area contributed by atoms with Gasteiger partial charge < -0.3 is 4.74 Å². The van der Waals surface area contributed by atoms with E-state index in [9.17, 15) is 4.79 Å². The molecule has 0 N–H and O–H groups in total. The Kier molecular flexibility index (Phi) is 5.35. The Morgan fingerprint density at radius 1 is 1.23 bits per heavy atom. The molecule has 0 heterocycles. The highest BCUT2D eigenvalue weighted by molar-refractivity contribution is 6.31. The monoisotopic (exact) mass is 311 g/mol.